The van der Waals surface area contributed by atoms with Crippen molar-refractivity contribution >= 4 is 29.9 Å². The molecule has 0 unspecified atom stereocenters. The second-order valence-electron chi connectivity index (χ2n) is 5.89. The summed E-state index contributed by atoms with van der Waals surface area (Å²) in [5.41, 5.74) is 1.18. The molecule has 0 bridgehead atoms. The number of nitrogens with zero attached hydrogens (tertiary/aromatic N) is 6. The zero-order valence-electron chi connectivity index (χ0n) is 14.1. The number of rotatable bonds is 4. The largest absolute Gasteiger partial charge is 0.354 e. The fourth-order valence-corrected chi connectivity index (χ4v) is 2.98. The molecule has 2 N–H and O–H groups in total. The molecule has 0 saturated carbocycles. The second kappa shape index (κ2) is 9.00. The molecule has 3 rings (SSSR count). The van der Waals surface area contributed by atoms with Gasteiger partial charge >= 0.3 is 0 Å². The number of likely N-dealkylation sites (tertiary alicyclic amines) is 1. The van der Waals surface area contributed by atoms with Gasteiger partial charge in [-0.1, -0.05) is 0 Å². The summed E-state index contributed by atoms with van der Waals surface area (Å²) in [6, 6.07) is 0. The van der Waals surface area contributed by atoms with Gasteiger partial charge in [0.2, 0.25) is 0 Å². The van der Waals surface area contributed by atoms with Gasteiger partial charge in [-0.25, -0.2) is 4.98 Å². The summed E-state index contributed by atoms with van der Waals surface area (Å²) < 4.78 is 1.95. The van der Waals surface area contributed by atoms with E-state index in [2.05, 4.69) is 42.4 Å². The van der Waals surface area contributed by atoms with E-state index < -0.39 is 0 Å². The highest BCUT2D eigenvalue weighted by Crippen LogP contribution is 2.24. The van der Waals surface area contributed by atoms with Gasteiger partial charge < -0.3 is 10.2 Å². The molecule has 132 valence electrons. The molecule has 1 aliphatic rings. The Kier molecular flexibility index (Phi) is 7.00. The number of aliphatic imine (C=N–C) groups is 1. The van der Waals surface area contributed by atoms with Crippen LogP contribution in [0, 0.1) is 6.92 Å². The number of hydrogen-bond acceptors (Lipinski definition) is 4. The van der Waals surface area contributed by atoms with Crippen LogP contribution in [-0.4, -0.2) is 62.5 Å². The summed E-state index contributed by atoms with van der Waals surface area (Å²) in [5, 5.41) is 14.7. The van der Waals surface area contributed by atoms with Gasteiger partial charge in [0.05, 0.1) is 12.7 Å². The molecule has 1 fully saturated rings. The zero-order valence-corrected chi connectivity index (χ0v) is 16.5. The fraction of sp³-hybridized carbons (Fsp3) is 0.600. The number of guanidine groups is 1. The number of aryl methyl sites for hydroxylation is 1. The number of hydrogen-bond donors (Lipinski definition) is 2. The summed E-state index contributed by atoms with van der Waals surface area (Å²) in [5.74, 6) is 2.44. The Hall–Kier alpha value is -1.65. The Morgan fingerprint density at radius 3 is 2.79 bits per heavy atom. The van der Waals surface area contributed by atoms with Crippen LogP contribution in [0.4, 0.5) is 0 Å². The molecule has 9 heteroatoms. The van der Waals surface area contributed by atoms with Crippen LogP contribution in [0.2, 0.25) is 0 Å². The molecule has 0 spiro atoms. The van der Waals surface area contributed by atoms with Crippen molar-refractivity contribution in [1.82, 2.24) is 35.2 Å². The molecule has 0 radical (unpaired) electrons. The van der Waals surface area contributed by atoms with Crippen molar-refractivity contribution < 1.29 is 0 Å². The van der Waals surface area contributed by atoms with Gasteiger partial charge in [-0.05, 0) is 25.3 Å². The number of aromatic nitrogens is 5. The van der Waals surface area contributed by atoms with E-state index in [9.17, 15) is 0 Å². The molecule has 24 heavy (non-hydrogen) atoms. The van der Waals surface area contributed by atoms with Crippen LogP contribution in [0.5, 0.6) is 0 Å². The molecule has 0 aliphatic carbocycles. The summed E-state index contributed by atoms with van der Waals surface area (Å²) >= 11 is 0. The molecular weight excluding hydrogens is 419 g/mol. The first kappa shape index (κ1) is 18.7. The van der Waals surface area contributed by atoms with E-state index in [-0.39, 0.29) is 24.0 Å². The Morgan fingerprint density at radius 2 is 2.21 bits per heavy atom. The lowest BCUT2D eigenvalue weighted by molar-refractivity contribution is 0.298. The van der Waals surface area contributed by atoms with E-state index in [0.717, 1.165) is 50.8 Å². The van der Waals surface area contributed by atoms with Crippen molar-refractivity contribution in [3.8, 4) is 0 Å². The van der Waals surface area contributed by atoms with Crippen LogP contribution in [0.25, 0.3) is 0 Å². The molecule has 0 atom stereocenters. The van der Waals surface area contributed by atoms with Crippen molar-refractivity contribution in [1.29, 1.82) is 0 Å². The number of nitrogens with one attached hydrogen (secondary N) is 2. The van der Waals surface area contributed by atoms with Crippen molar-refractivity contribution in [2.75, 3.05) is 26.7 Å². The number of H-pyrrole nitrogens is 1. The zero-order chi connectivity index (χ0) is 16.1. The quantitative estimate of drug-likeness (QED) is 0.423. The van der Waals surface area contributed by atoms with Gasteiger partial charge in [-0.3, -0.25) is 14.8 Å². The minimum Gasteiger partial charge on any atom is -0.354 e. The van der Waals surface area contributed by atoms with Crippen LogP contribution in [0.15, 0.2) is 23.7 Å². The molecule has 1 aliphatic heterocycles. The summed E-state index contributed by atoms with van der Waals surface area (Å²) in [4.78, 5) is 11.0. The minimum atomic E-state index is 0. The van der Waals surface area contributed by atoms with Crippen molar-refractivity contribution in [2.45, 2.75) is 32.2 Å². The number of halogens is 1. The standard InChI is InChI=1S/C15H24N8.HI/c1-12-9-20-23(10-12)8-5-17-15(16-2)22-6-3-13(4-7-22)14-18-11-19-21-14;/h9-11,13H,3-8H2,1-2H3,(H,16,17)(H,18,19,21);1H. The Morgan fingerprint density at radius 1 is 1.42 bits per heavy atom. The molecule has 2 aromatic heterocycles. The van der Waals surface area contributed by atoms with Gasteiger partial charge in [0, 0.05) is 38.8 Å². The van der Waals surface area contributed by atoms with E-state index in [0.29, 0.717) is 5.92 Å². The van der Waals surface area contributed by atoms with E-state index in [1.807, 2.05) is 24.1 Å². The molecule has 8 nitrogen and oxygen atoms in total. The Balaban J connectivity index is 0.00000208. The lowest BCUT2D eigenvalue weighted by Crippen LogP contribution is -2.46. The van der Waals surface area contributed by atoms with E-state index >= 15 is 0 Å². The number of piperidine rings is 1. The third kappa shape index (κ3) is 4.68. The van der Waals surface area contributed by atoms with Crippen LogP contribution in [0.3, 0.4) is 0 Å². The number of aromatic amines is 1. The molecule has 3 heterocycles. The maximum atomic E-state index is 4.40. The second-order valence-corrected chi connectivity index (χ2v) is 5.89. The van der Waals surface area contributed by atoms with E-state index in [1.165, 1.54) is 5.56 Å². The summed E-state index contributed by atoms with van der Waals surface area (Å²) in [7, 11) is 1.84. The van der Waals surface area contributed by atoms with Gasteiger partial charge in [0.15, 0.2) is 5.96 Å². The monoisotopic (exact) mass is 444 g/mol. The van der Waals surface area contributed by atoms with Gasteiger partial charge in [0.25, 0.3) is 0 Å². The Labute approximate surface area is 159 Å². The first-order valence-corrected chi connectivity index (χ1v) is 8.06. The average molecular weight is 444 g/mol. The third-order valence-electron chi connectivity index (χ3n) is 4.21. The first-order chi connectivity index (χ1) is 11.3. The Bertz CT molecular complexity index is 628. The summed E-state index contributed by atoms with van der Waals surface area (Å²) in [6.07, 6.45) is 7.64. The SMILES string of the molecule is CN=C(NCCn1cc(C)cn1)N1CCC(c2ncn[nH]2)CC1.I. The molecule has 1 saturated heterocycles. The predicted molar refractivity (Wildman–Crippen MR) is 104 cm³/mol. The van der Waals surface area contributed by atoms with Gasteiger partial charge in [-0.2, -0.15) is 10.2 Å². The highest BCUT2D eigenvalue weighted by molar-refractivity contribution is 14.0. The summed E-state index contributed by atoms with van der Waals surface area (Å²) in [6.45, 7) is 5.66. The maximum absolute atomic E-state index is 4.40. The van der Waals surface area contributed by atoms with Crippen LogP contribution in [0.1, 0.15) is 30.1 Å². The lowest BCUT2D eigenvalue weighted by atomic mass is 9.96. The van der Waals surface area contributed by atoms with Crippen LogP contribution >= 0.6 is 24.0 Å². The van der Waals surface area contributed by atoms with Gasteiger partial charge in [-0.15, -0.1) is 24.0 Å². The third-order valence-corrected chi connectivity index (χ3v) is 4.21. The van der Waals surface area contributed by atoms with Crippen molar-refractivity contribution in [3.05, 3.63) is 30.1 Å². The highest BCUT2D eigenvalue weighted by atomic mass is 127. The lowest BCUT2D eigenvalue weighted by Gasteiger charge is -2.33. The smallest absolute Gasteiger partial charge is 0.193 e. The van der Waals surface area contributed by atoms with Crippen LogP contribution in [-0.2, 0) is 6.54 Å². The van der Waals surface area contributed by atoms with Gasteiger partial charge in [0.1, 0.15) is 12.2 Å². The van der Waals surface area contributed by atoms with Crippen molar-refractivity contribution in [3.63, 3.8) is 0 Å². The molecule has 2 aromatic rings. The highest BCUT2D eigenvalue weighted by Gasteiger charge is 2.24. The fourth-order valence-electron chi connectivity index (χ4n) is 2.98. The topological polar surface area (TPSA) is 87.0 Å². The maximum Gasteiger partial charge on any atom is 0.193 e. The first-order valence-electron chi connectivity index (χ1n) is 8.06. The minimum absolute atomic E-state index is 0. The average Bonchev–Trinajstić information content (AvgIpc) is 3.24. The molecule has 0 aromatic carbocycles. The van der Waals surface area contributed by atoms with E-state index in [1.54, 1.807) is 6.33 Å². The van der Waals surface area contributed by atoms with Crippen molar-refractivity contribution in [2.24, 2.45) is 4.99 Å². The normalized spacial score (nSPS) is 16.1. The molecule has 0 amide bonds. The molecular formula is C15H25IN8. The predicted octanol–water partition coefficient (Wildman–Crippen LogP) is 1.38. The van der Waals surface area contributed by atoms with E-state index in [4.69, 9.17) is 0 Å². The van der Waals surface area contributed by atoms with Crippen LogP contribution < -0.4 is 5.32 Å².